The summed E-state index contributed by atoms with van der Waals surface area (Å²) in [5, 5.41) is 0. The highest BCUT2D eigenvalue weighted by atomic mass is 15.4. The van der Waals surface area contributed by atoms with E-state index in [1.165, 1.54) is 16.9 Å². The Morgan fingerprint density at radius 3 is 1.19 bits per heavy atom. The molecule has 7 aromatic rings. The second-order valence-electron chi connectivity index (χ2n) is 13.1. The van der Waals surface area contributed by atoms with E-state index < -0.39 is 0 Å². The van der Waals surface area contributed by atoms with Crippen LogP contribution >= 0.6 is 0 Å². The van der Waals surface area contributed by atoms with Gasteiger partial charge >= 0.3 is 0 Å². The van der Waals surface area contributed by atoms with Crippen LogP contribution in [0, 0.1) is 0 Å². The number of para-hydroxylation sites is 4. The molecule has 0 radical (unpaired) electrons. The van der Waals surface area contributed by atoms with E-state index in [4.69, 9.17) is 0 Å². The van der Waals surface area contributed by atoms with Crippen LogP contribution in [0.5, 0.6) is 0 Å². The zero-order valence-electron chi connectivity index (χ0n) is 29.3. The van der Waals surface area contributed by atoms with E-state index in [2.05, 4.69) is 238 Å². The summed E-state index contributed by atoms with van der Waals surface area (Å²) in [6.07, 6.45) is 8.79. The Balaban J connectivity index is 1.01. The van der Waals surface area contributed by atoms with Crippen molar-refractivity contribution in [2.24, 2.45) is 0 Å². The molecule has 53 heavy (non-hydrogen) atoms. The van der Waals surface area contributed by atoms with Crippen molar-refractivity contribution < 1.29 is 0 Å². The molecular weight excluding hydrogens is 645 g/mol. The van der Waals surface area contributed by atoms with Crippen molar-refractivity contribution >= 4 is 45.5 Å². The van der Waals surface area contributed by atoms with Gasteiger partial charge in [-0.3, -0.25) is 4.90 Å². The van der Waals surface area contributed by atoms with E-state index >= 15 is 0 Å². The molecule has 2 heterocycles. The van der Waals surface area contributed by atoms with Gasteiger partial charge in [0, 0.05) is 58.1 Å². The topological polar surface area (TPSA) is 13.0 Å². The largest absolute Gasteiger partial charge is 0.328 e. The first-order valence-corrected chi connectivity index (χ1v) is 18.1. The van der Waals surface area contributed by atoms with Crippen molar-refractivity contribution in [2.75, 3.05) is 21.2 Å². The Morgan fingerprint density at radius 1 is 0.377 bits per heavy atom. The van der Waals surface area contributed by atoms with Gasteiger partial charge < -0.3 is 14.7 Å². The molecule has 4 heteroatoms. The first-order valence-electron chi connectivity index (χ1n) is 18.1. The molecular formula is C49H38N4. The van der Waals surface area contributed by atoms with Gasteiger partial charge in [0.2, 0.25) is 0 Å². The zero-order valence-corrected chi connectivity index (χ0v) is 29.3. The van der Waals surface area contributed by atoms with Crippen molar-refractivity contribution in [3.05, 3.63) is 230 Å². The molecule has 0 spiro atoms. The smallest absolute Gasteiger partial charge is 0.118 e. The van der Waals surface area contributed by atoms with E-state index in [1.54, 1.807) is 0 Å². The lowest BCUT2D eigenvalue weighted by Gasteiger charge is -2.28. The highest BCUT2D eigenvalue weighted by molar-refractivity contribution is 5.87. The van der Waals surface area contributed by atoms with Crippen molar-refractivity contribution in [3.8, 4) is 11.1 Å². The molecule has 0 aliphatic carbocycles. The monoisotopic (exact) mass is 682 g/mol. The van der Waals surface area contributed by atoms with Gasteiger partial charge in [-0.05, 0) is 102 Å². The summed E-state index contributed by atoms with van der Waals surface area (Å²) in [6.45, 7) is 0.860. The summed E-state index contributed by atoms with van der Waals surface area (Å²) in [6, 6.07) is 68.9. The third-order valence-corrected chi connectivity index (χ3v) is 9.79. The van der Waals surface area contributed by atoms with Gasteiger partial charge in [0.15, 0.2) is 0 Å². The van der Waals surface area contributed by atoms with Crippen LogP contribution in [0.25, 0.3) is 16.8 Å². The lowest BCUT2D eigenvalue weighted by Crippen LogP contribution is -2.25. The van der Waals surface area contributed by atoms with Crippen molar-refractivity contribution in [3.63, 3.8) is 0 Å². The summed E-state index contributed by atoms with van der Waals surface area (Å²) in [7, 11) is 0. The van der Waals surface area contributed by atoms with Crippen LogP contribution in [0.15, 0.2) is 224 Å². The highest BCUT2D eigenvalue weighted by Gasteiger charge is 2.29. The van der Waals surface area contributed by atoms with Crippen LogP contribution in [0.2, 0.25) is 0 Å². The lowest BCUT2D eigenvalue weighted by molar-refractivity contribution is 0.524. The minimum Gasteiger partial charge on any atom is -0.328 e. The number of rotatable bonds is 9. The fourth-order valence-electron chi connectivity index (χ4n) is 7.23. The quantitative estimate of drug-likeness (QED) is 0.150. The molecule has 0 fully saturated rings. The van der Waals surface area contributed by atoms with Gasteiger partial charge in [-0.2, -0.15) is 0 Å². The normalized spacial score (nSPS) is 13.3. The zero-order chi connectivity index (χ0) is 35.4. The Bertz CT molecular complexity index is 2340. The highest BCUT2D eigenvalue weighted by Crippen LogP contribution is 2.41. The first kappa shape index (κ1) is 31.9. The van der Waals surface area contributed by atoms with Crippen molar-refractivity contribution in [2.45, 2.75) is 0 Å². The van der Waals surface area contributed by atoms with Crippen LogP contribution in [-0.4, -0.2) is 11.4 Å². The molecule has 0 atom stereocenters. The summed E-state index contributed by atoms with van der Waals surface area (Å²) >= 11 is 0. The average molecular weight is 683 g/mol. The Hall–Kier alpha value is -7.04. The summed E-state index contributed by atoms with van der Waals surface area (Å²) in [5.74, 6) is 1.17. The third kappa shape index (κ3) is 6.39. The van der Waals surface area contributed by atoms with E-state index in [1.807, 2.05) is 0 Å². The fourth-order valence-corrected chi connectivity index (χ4v) is 7.23. The number of allylic oxidation sites excluding steroid dienone is 2. The number of nitrogens with zero attached hydrogens (tertiary/aromatic N) is 4. The molecule has 0 N–H and O–H groups in total. The third-order valence-electron chi connectivity index (χ3n) is 9.79. The van der Waals surface area contributed by atoms with E-state index in [0.29, 0.717) is 0 Å². The van der Waals surface area contributed by atoms with Crippen molar-refractivity contribution in [1.29, 1.82) is 0 Å². The summed E-state index contributed by atoms with van der Waals surface area (Å²) < 4.78 is 0. The molecule has 2 aliphatic heterocycles. The molecule has 9 rings (SSSR count). The van der Waals surface area contributed by atoms with Crippen LogP contribution in [0.3, 0.4) is 0 Å². The van der Waals surface area contributed by atoms with E-state index in [-0.39, 0.29) is 0 Å². The Kier molecular flexibility index (Phi) is 8.61. The van der Waals surface area contributed by atoms with Gasteiger partial charge in [0.1, 0.15) is 5.82 Å². The average Bonchev–Trinajstić information content (AvgIpc) is 3.63. The lowest BCUT2D eigenvalue weighted by atomic mass is 10.0. The van der Waals surface area contributed by atoms with Gasteiger partial charge in [0.25, 0.3) is 0 Å². The van der Waals surface area contributed by atoms with E-state index in [0.717, 1.165) is 57.6 Å². The predicted octanol–water partition coefficient (Wildman–Crippen LogP) is 12.8. The van der Waals surface area contributed by atoms with Crippen LogP contribution in [-0.2, 0) is 0 Å². The van der Waals surface area contributed by atoms with Gasteiger partial charge in [-0.15, -0.1) is 0 Å². The minimum atomic E-state index is 0.860. The molecule has 2 aliphatic rings. The molecule has 0 aromatic heterocycles. The standard InChI is InChI=1S/C49H38N4/c1-5-15-41(16-6-1)51(42-17-7-2-8-18-42)45-30-24-38(25-31-45)39-26-32-46(33-27-39)52(43-19-9-3-10-20-43)47-34-28-40(29-35-47)48-37-50-36-14-13-23-49(50)53(48)44-21-11-4-12-22-44/h1-35,37H,36H2. The molecule has 4 nitrogen and oxygen atoms in total. The number of benzene rings is 7. The second-order valence-corrected chi connectivity index (χ2v) is 13.1. The predicted molar refractivity (Wildman–Crippen MR) is 222 cm³/mol. The maximum absolute atomic E-state index is 2.35. The number of fused-ring (bicyclic) bond motifs is 1. The van der Waals surface area contributed by atoms with Gasteiger partial charge in [-0.25, -0.2) is 0 Å². The van der Waals surface area contributed by atoms with Crippen molar-refractivity contribution in [1.82, 2.24) is 4.90 Å². The van der Waals surface area contributed by atoms with Gasteiger partial charge in [0.05, 0.1) is 5.70 Å². The Labute approximate surface area is 311 Å². The van der Waals surface area contributed by atoms with Crippen LogP contribution in [0.1, 0.15) is 5.56 Å². The molecule has 7 aromatic carbocycles. The summed E-state index contributed by atoms with van der Waals surface area (Å²) in [5.41, 5.74) is 12.5. The maximum atomic E-state index is 2.35. The van der Waals surface area contributed by atoms with Crippen LogP contribution in [0.4, 0.5) is 39.8 Å². The molecule has 0 saturated carbocycles. The molecule has 254 valence electrons. The second kappa shape index (κ2) is 14.3. The van der Waals surface area contributed by atoms with Gasteiger partial charge in [-0.1, -0.05) is 121 Å². The van der Waals surface area contributed by atoms with Crippen LogP contribution < -0.4 is 14.7 Å². The number of anilines is 7. The Morgan fingerprint density at radius 2 is 0.755 bits per heavy atom. The minimum absolute atomic E-state index is 0.860. The molecule has 0 bridgehead atoms. The SMILES string of the molecule is C1=CCN2C=C(c3ccc(N(c4ccccc4)c4ccc(-c5ccc(N(c6ccccc6)c6ccccc6)cc5)cc4)cc3)N(c3ccccc3)C2=C1. The number of hydrogen-bond donors (Lipinski definition) is 0. The molecule has 0 unspecified atom stereocenters. The summed E-state index contributed by atoms with van der Waals surface area (Å²) in [4.78, 5) is 9.27. The maximum Gasteiger partial charge on any atom is 0.118 e. The van der Waals surface area contributed by atoms with E-state index in [9.17, 15) is 0 Å². The molecule has 0 saturated heterocycles. The first-order chi connectivity index (χ1) is 26.3. The number of hydrogen-bond acceptors (Lipinski definition) is 4. The molecule has 0 amide bonds. The fraction of sp³-hybridized carbons (Fsp3) is 0.0204.